The average molecular weight is 314 g/mol. The summed E-state index contributed by atoms with van der Waals surface area (Å²) in [5.74, 6) is -0.289. The summed E-state index contributed by atoms with van der Waals surface area (Å²) in [4.78, 5) is 12.1. The Balaban J connectivity index is 2.09. The number of alkyl halides is 1. The molecule has 0 spiro atoms. The molecule has 0 aromatic heterocycles. The Bertz CT molecular complexity index is 449. The van der Waals surface area contributed by atoms with Gasteiger partial charge in [-0.1, -0.05) is 34.0 Å². The predicted molar refractivity (Wildman–Crippen MR) is 73.5 cm³/mol. The van der Waals surface area contributed by atoms with Gasteiger partial charge >= 0.3 is 0 Å². The smallest absolute Gasteiger partial charge is 0.254 e. The average Bonchev–Trinajstić information content (AvgIpc) is 2.79. The molecule has 18 heavy (non-hydrogen) atoms. The number of nitrogens with one attached hydrogen (secondary N) is 1. The number of amides is 1. The SMILES string of the molecule is Cc1ccc(F)c(C(=O)NC2CCCC2CBr)c1. The molecular weight excluding hydrogens is 297 g/mol. The van der Waals surface area contributed by atoms with E-state index in [1.54, 1.807) is 12.1 Å². The van der Waals surface area contributed by atoms with Crippen LogP contribution in [0, 0.1) is 18.7 Å². The Morgan fingerprint density at radius 3 is 3.00 bits per heavy atom. The lowest BCUT2D eigenvalue weighted by Gasteiger charge is -2.19. The fraction of sp³-hybridized carbons (Fsp3) is 0.500. The van der Waals surface area contributed by atoms with E-state index in [4.69, 9.17) is 0 Å². The van der Waals surface area contributed by atoms with Crippen molar-refractivity contribution in [3.63, 3.8) is 0 Å². The van der Waals surface area contributed by atoms with E-state index in [1.807, 2.05) is 6.92 Å². The van der Waals surface area contributed by atoms with Gasteiger partial charge in [0, 0.05) is 11.4 Å². The van der Waals surface area contributed by atoms with Crippen LogP contribution in [0.5, 0.6) is 0 Å². The molecule has 0 heterocycles. The first kappa shape index (κ1) is 13.5. The van der Waals surface area contributed by atoms with Crippen molar-refractivity contribution >= 4 is 21.8 Å². The van der Waals surface area contributed by atoms with Crippen molar-refractivity contribution < 1.29 is 9.18 Å². The van der Waals surface area contributed by atoms with Gasteiger partial charge in [-0.2, -0.15) is 0 Å². The fourth-order valence-electron chi connectivity index (χ4n) is 2.47. The summed E-state index contributed by atoms with van der Waals surface area (Å²) in [6, 6.07) is 4.78. The maximum atomic E-state index is 13.6. The van der Waals surface area contributed by atoms with Gasteiger partial charge < -0.3 is 5.32 Å². The monoisotopic (exact) mass is 313 g/mol. The molecule has 98 valence electrons. The number of benzene rings is 1. The molecule has 0 bridgehead atoms. The molecule has 2 rings (SSSR count). The fourth-order valence-corrected chi connectivity index (χ4v) is 3.25. The number of aryl methyl sites for hydroxylation is 1. The Morgan fingerprint density at radius 2 is 2.28 bits per heavy atom. The second-order valence-electron chi connectivity index (χ2n) is 4.91. The van der Waals surface area contributed by atoms with Crippen molar-refractivity contribution in [3.05, 3.63) is 35.1 Å². The van der Waals surface area contributed by atoms with Gasteiger partial charge in [0.25, 0.3) is 5.91 Å². The highest BCUT2D eigenvalue weighted by Gasteiger charge is 2.28. The van der Waals surface area contributed by atoms with E-state index in [0.717, 1.165) is 30.2 Å². The number of carbonyl (C=O) groups excluding carboxylic acids is 1. The summed E-state index contributed by atoms with van der Waals surface area (Å²) in [7, 11) is 0. The third kappa shape index (κ3) is 2.91. The summed E-state index contributed by atoms with van der Waals surface area (Å²) in [5.41, 5.74) is 1.04. The summed E-state index contributed by atoms with van der Waals surface area (Å²) >= 11 is 3.46. The first-order chi connectivity index (χ1) is 8.61. The maximum absolute atomic E-state index is 13.6. The van der Waals surface area contributed by atoms with Gasteiger partial charge in [0.1, 0.15) is 5.82 Å². The summed E-state index contributed by atoms with van der Waals surface area (Å²) in [6.45, 7) is 1.85. The third-order valence-corrected chi connectivity index (χ3v) is 4.37. The minimum absolute atomic E-state index is 0.148. The normalized spacial score (nSPS) is 23.1. The van der Waals surface area contributed by atoms with Gasteiger partial charge in [0.05, 0.1) is 5.56 Å². The molecule has 2 atom stereocenters. The first-order valence-corrected chi connectivity index (χ1v) is 7.37. The predicted octanol–water partition coefficient (Wildman–Crippen LogP) is 3.43. The molecule has 1 saturated carbocycles. The number of rotatable bonds is 3. The van der Waals surface area contributed by atoms with Crippen molar-refractivity contribution in [2.24, 2.45) is 5.92 Å². The second-order valence-corrected chi connectivity index (χ2v) is 5.56. The highest BCUT2D eigenvalue weighted by molar-refractivity contribution is 9.09. The zero-order valence-electron chi connectivity index (χ0n) is 10.4. The van der Waals surface area contributed by atoms with Crippen LogP contribution in [0.1, 0.15) is 35.2 Å². The quantitative estimate of drug-likeness (QED) is 0.851. The van der Waals surface area contributed by atoms with Crippen molar-refractivity contribution in [2.75, 3.05) is 5.33 Å². The van der Waals surface area contributed by atoms with Crippen LogP contribution in [-0.4, -0.2) is 17.3 Å². The van der Waals surface area contributed by atoms with Gasteiger partial charge in [0.2, 0.25) is 0 Å². The van der Waals surface area contributed by atoms with Crippen LogP contribution < -0.4 is 5.32 Å². The largest absolute Gasteiger partial charge is 0.349 e. The lowest BCUT2D eigenvalue weighted by Crippen LogP contribution is -2.38. The Labute approximate surface area is 115 Å². The topological polar surface area (TPSA) is 29.1 Å². The van der Waals surface area contributed by atoms with Gasteiger partial charge in [0.15, 0.2) is 0 Å². The molecule has 0 radical (unpaired) electrons. The van der Waals surface area contributed by atoms with Crippen molar-refractivity contribution in [1.82, 2.24) is 5.32 Å². The van der Waals surface area contributed by atoms with E-state index in [0.29, 0.717) is 5.92 Å². The highest BCUT2D eigenvalue weighted by atomic mass is 79.9. The van der Waals surface area contributed by atoms with Gasteiger partial charge in [-0.05, 0) is 37.8 Å². The zero-order chi connectivity index (χ0) is 13.1. The first-order valence-electron chi connectivity index (χ1n) is 6.25. The summed E-state index contributed by atoms with van der Waals surface area (Å²) < 4.78 is 13.6. The lowest BCUT2D eigenvalue weighted by atomic mass is 10.1. The van der Waals surface area contributed by atoms with Gasteiger partial charge in [-0.15, -0.1) is 0 Å². The van der Waals surface area contributed by atoms with Gasteiger partial charge in [-0.3, -0.25) is 4.79 Å². The van der Waals surface area contributed by atoms with Crippen LogP contribution in [-0.2, 0) is 0 Å². The number of halogens is 2. The van der Waals surface area contributed by atoms with E-state index in [-0.39, 0.29) is 17.5 Å². The molecule has 0 saturated heterocycles. The summed E-state index contributed by atoms with van der Waals surface area (Å²) in [6.07, 6.45) is 3.22. The van der Waals surface area contributed by atoms with Crippen LogP contribution >= 0.6 is 15.9 Å². The lowest BCUT2D eigenvalue weighted by molar-refractivity contribution is 0.0926. The Hall–Kier alpha value is -0.900. The van der Waals surface area contributed by atoms with Crippen molar-refractivity contribution in [1.29, 1.82) is 0 Å². The van der Waals surface area contributed by atoms with Crippen LogP contribution in [0.3, 0.4) is 0 Å². The van der Waals surface area contributed by atoms with Crippen molar-refractivity contribution in [3.8, 4) is 0 Å². The van der Waals surface area contributed by atoms with Crippen LogP contribution in [0.4, 0.5) is 4.39 Å². The highest BCUT2D eigenvalue weighted by Crippen LogP contribution is 2.27. The minimum Gasteiger partial charge on any atom is -0.349 e. The van der Waals surface area contributed by atoms with E-state index < -0.39 is 5.82 Å². The summed E-state index contributed by atoms with van der Waals surface area (Å²) in [5, 5.41) is 3.84. The second kappa shape index (κ2) is 5.83. The van der Waals surface area contributed by atoms with Gasteiger partial charge in [-0.25, -0.2) is 4.39 Å². The molecule has 0 aliphatic heterocycles. The van der Waals surface area contributed by atoms with E-state index in [2.05, 4.69) is 21.2 Å². The molecule has 1 N–H and O–H groups in total. The number of hydrogen-bond donors (Lipinski definition) is 1. The molecule has 1 aliphatic rings. The Morgan fingerprint density at radius 1 is 1.50 bits per heavy atom. The van der Waals surface area contributed by atoms with E-state index in [9.17, 15) is 9.18 Å². The maximum Gasteiger partial charge on any atom is 0.254 e. The molecule has 1 aromatic rings. The van der Waals surface area contributed by atoms with Crippen LogP contribution in [0.25, 0.3) is 0 Å². The standard InChI is InChI=1S/C14H17BrFNO/c1-9-5-6-12(16)11(7-9)14(18)17-13-4-2-3-10(13)8-15/h5-7,10,13H,2-4,8H2,1H3,(H,17,18). The molecular formula is C14H17BrFNO. The molecule has 4 heteroatoms. The van der Waals surface area contributed by atoms with E-state index in [1.165, 1.54) is 6.07 Å². The number of hydrogen-bond acceptors (Lipinski definition) is 1. The Kier molecular flexibility index (Phi) is 4.38. The molecule has 1 fully saturated rings. The third-order valence-electron chi connectivity index (χ3n) is 3.54. The molecule has 1 aromatic carbocycles. The van der Waals surface area contributed by atoms with Crippen LogP contribution in [0.2, 0.25) is 0 Å². The van der Waals surface area contributed by atoms with Crippen LogP contribution in [0.15, 0.2) is 18.2 Å². The van der Waals surface area contributed by atoms with Crippen molar-refractivity contribution in [2.45, 2.75) is 32.2 Å². The molecule has 1 amide bonds. The zero-order valence-corrected chi connectivity index (χ0v) is 12.0. The molecule has 2 nitrogen and oxygen atoms in total. The van der Waals surface area contributed by atoms with E-state index >= 15 is 0 Å². The number of carbonyl (C=O) groups is 1. The molecule has 1 aliphatic carbocycles. The molecule has 2 unspecified atom stereocenters. The minimum atomic E-state index is -0.452.